The van der Waals surface area contributed by atoms with Gasteiger partial charge in [0.25, 0.3) is 0 Å². The fourth-order valence-electron chi connectivity index (χ4n) is 1.93. The summed E-state index contributed by atoms with van der Waals surface area (Å²) in [5.41, 5.74) is 2.09. The van der Waals surface area contributed by atoms with E-state index in [0.717, 1.165) is 23.6 Å². The molecule has 0 amide bonds. The minimum absolute atomic E-state index is 0.781. The molecule has 0 spiro atoms. The van der Waals surface area contributed by atoms with Gasteiger partial charge in [-0.25, -0.2) is 4.98 Å². The number of oxazole rings is 1. The summed E-state index contributed by atoms with van der Waals surface area (Å²) < 4.78 is 6.49. The fraction of sp³-hybridized carbons (Fsp3) is 0.133. The third-order valence-electron chi connectivity index (χ3n) is 2.95. The molecule has 0 aliphatic heterocycles. The fourth-order valence-corrected chi connectivity index (χ4v) is 3.48. The highest BCUT2D eigenvalue weighted by molar-refractivity contribution is 9.10. The molecule has 0 atom stereocenters. The normalized spacial score (nSPS) is 10.7. The molecule has 1 aromatic carbocycles. The zero-order chi connectivity index (χ0) is 13.9. The lowest BCUT2D eigenvalue weighted by molar-refractivity contribution is 0.572. The summed E-state index contributed by atoms with van der Waals surface area (Å²) in [7, 11) is 0. The molecule has 1 N–H and O–H groups in total. The lowest BCUT2D eigenvalue weighted by atomic mass is 10.1. The summed E-state index contributed by atoms with van der Waals surface area (Å²) in [6.45, 7) is 2.93. The van der Waals surface area contributed by atoms with Crippen LogP contribution >= 0.6 is 27.3 Å². The van der Waals surface area contributed by atoms with E-state index in [1.54, 1.807) is 17.5 Å². The maximum Gasteiger partial charge on any atom is 0.181 e. The average Bonchev–Trinajstić information content (AvgIpc) is 3.08. The number of nitrogens with zero attached hydrogens (tertiary/aromatic N) is 1. The molecule has 0 aliphatic carbocycles. The standard InChI is InChI=1S/C15H13BrN2OS/c1-10-14(16)6-13(20-10)7-18-12-4-2-3-11(5-12)15-8-17-9-19-15/h2-6,8-9,18H,7H2,1H3. The van der Waals surface area contributed by atoms with Gasteiger partial charge in [-0.3, -0.25) is 0 Å². The van der Waals surface area contributed by atoms with Gasteiger partial charge in [0.2, 0.25) is 0 Å². The maximum absolute atomic E-state index is 5.31. The van der Waals surface area contributed by atoms with Crippen LogP contribution in [0.4, 0.5) is 5.69 Å². The van der Waals surface area contributed by atoms with Crippen LogP contribution < -0.4 is 5.32 Å². The minimum Gasteiger partial charge on any atom is -0.444 e. The summed E-state index contributed by atoms with van der Waals surface area (Å²) in [6, 6.07) is 10.3. The Hall–Kier alpha value is -1.59. The Morgan fingerprint density at radius 1 is 1.35 bits per heavy atom. The number of rotatable bonds is 4. The van der Waals surface area contributed by atoms with Crippen molar-refractivity contribution in [3.63, 3.8) is 0 Å². The highest BCUT2D eigenvalue weighted by Crippen LogP contribution is 2.27. The number of nitrogens with one attached hydrogen (secondary N) is 1. The topological polar surface area (TPSA) is 38.1 Å². The van der Waals surface area contributed by atoms with Crippen LogP contribution in [0, 0.1) is 6.92 Å². The zero-order valence-corrected chi connectivity index (χ0v) is 13.3. The molecule has 0 radical (unpaired) electrons. The number of hydrogen-bond donors (Lipinski definition) is 1. The summed E-state index contributed by atoms with van der Waals surface area (Å²) >= 11 is 5.34. The molecule has 5 heteroatoms. The number of anilines is 1. The van der Waals surface area contributed by atoms with Gasteiger partial charge in [0.15, 0.2) is 12.2 Å². The van der Waals surface area contributed by atoms with Crippen LogP contribution in [0.2, 0.25) is 0 Å². The van der Waals surface area contributed by atoms with Gasteiger partial charge in [0.05, 0.1) is 6.20 Å². The highest BCUT2D eigenvalue weighted by atomic mass is 79.9. The number of aryl methyl sites for hydroxylation is 1. The Labute approximate surface area is 129 Å². The second-order valence-corrected chi connectivity index (χ2v) is 6.61. The van der Waals surface area contributed by atoms with Crippen molar-refractivity contribution in [3.05, 3.63) is 57.1 Å². The summed E-state index contributed by atoms with van der Waals surface area (Å²) in [5, 5.41) is 3.43. The van der Waals surface area contributed by atoms with E-state index in [1.165, 1.54) is 20.6 Å². The molecule has 0 fully saturated rings. The average molecular weight is 349 g/mol. The Balaban J connectivity index is 1.73. The number of thiophene rings is 1. The SMILES string of the molecule is Cc1sc(CNc2cccc(-c3cnco3)c2)cc1Br. The quantitative estimate of drug-likeness (QED) is 0.713. The molecular formula is C15H13BrN2OS. The molecule has 0 bridgehead atoms. The monoisotopic (exact) mass is 348 g/mol. The minimum atomic E-state index is 0.781. The van der Waals surface area contributed by atoms with Gasteiger partial charge < -0.3 is 9.73 Å². The van der Waals surface area contributed by atoms with E-state index in [-0.39, 0.29) is 0 Å². The Kier molecular flexibility index (Phi) is 3.89. The Morgan fingerprint density at radius 2 is 2.25 bits per heavy atom. The third kappa shape index (κ3) is 2.94. The lowest BCUT2D eigenvalue weighted by Crippen LogP contribution is -1.97. The van der Waals surface area contributed by atoms with Gasteiger partial charge in [0, 0.05) is 32.0 Å². The van der Waals surface area contributed by atoms with Gasteiger partial charge in [0.1, 0.15) is 0 Å². The second kappa shape index (κ2) is 5.81. The predicted octanol–water partition coefficient (Wildman–Crippen LogP) is 5.09. The van der Waals surface area contributed by atoms with Crippen LogP contribution in [0.25, 0.3) is 11.3 Å². The van der Waals surface area contributed by atoms with Gasteiger partial charge in [-0.05, 0) is 41.1 Å². The molecule has 0 unspecified atom stereocenters. The van der Waals surface area contributed by atoms with Gasteiger partial charge in [-0.2, -0.15) is 0 Å². The van der Waals surface area contributed by atoms with Crippen molar-refractivity contribution in [1.82, 2.24) is 4.98 Å². The van der Waals surface area contributed by atoms with Crippen LogP contribution in [0.3, 0.4) is 0 Å². The lowest BCUT2D eigenvalue weighted by Gasteiger charge is -2.06. The van der Waals surface area contributed by atoms with Crippen molar-refractivity contribution in [2.24, 2.45) is 0 Å². The molecule has 102 valence electrons. The van der Waals surface area contributed by atoms with Gasteiger partial charge in [-0.1, -0.05) is 12.1 Å². The van der Waals surface area contributed by atoms with Gasteiger partial charge >= 0.3 is 0 Å². The first-order valence-corrected chi connectivity index (χ1v) is 7.81. The largest absolute Gasteiger partial charge is 0.444 e. The van der Waals surface area contributed by atoms with E-state index in [9.17, 15) is 0 Å². The molecular weight excluding hydrogens is 336 g/mol. The summed E-state index contributed by atoms with van der Waals surface area (Å²) in [6.07, 6.45) is 3.17. The van der Waals surface area contributed by atoms with Crippen LogP contribution in [-0.4, -0.2) is 4.98 Å². The number of hydrogen-bond acceptors (Lipinski definition) is 4. The van der Waals surface area contributed by atoms with Crippen molar-refractivity contribution in [3.8, 4) is 11.3 Å². The molecule has 2 aromatic heterocycles. The molecule has 3 rings (SSSR count). The van der Waals surface area contributed by atoms with E-state index < -0.39 is 0 Å². The van der Waals surface area contributed by atoms with Crippen molar-refractivity contribution < 1.29 is 4.42 Å². The van der Waals surface area contributed by atoms with Crippen molar-refractivity contribution >= 4 is 33.0 Å². The van der Waals surface area contributed by atoms with E-state index in [4.69, 9.17) is 4.42 Å². The van der Waals surface area contributed by atoms with E-state index in [1.807, 2.05) is 12.1 Å². The first-order valence-electron chi connectivity index (χ1n) is 6.20. The molecule has 0 aliphatic rings. The van der Waals surface area contributed by atoms with Crippen LogP contribution in [0.15, 0.2) is 51.8 Å². The third-order valence-corrected chi connectivity index (χ3v) is 5.09. The smallest absolute Gasteiger partial charge is 0.181 e. The molecule has 3 nitrogen and oxygen atoms in total. The van der Waals surface area contributed by atoms with Crippen molar-refractivity contribution in [2.75, 3.05) is 5.32 Å². The van der Waals surface area contributed by atoms with Crippen LogP contribution in [0.5, 0.6) is 0 Å². The maximum atomic E-state index is 5.31. The van der Waals surface area contributed by atoms with Gasteiger partial charge in [-0.15, -0.1) is 11.3 Å². The van der Waals surface area contributed by atoms with E-state index in [0.29, 0.717) is 0 Å². The highest BCUT2D eigenvalue weighted by Gasteiger charge is 2.04. The van der Waals surface area contributed by atoms with Crippen LogP contribution in [-0.2, 0) is 6.54 Å². The zero-order valence-electron chi connectivity index (χ0n) is 10.9. The number of benzene rings is 1. The Morgan fingerprint density at radius 3 is 2.95 bits per heavy atom. The number of aromatic nitrogens is 1. The first-order chi connectivity index (χ1) is 9.72. The first kappa shape index (κ1) is 13.4. The predicted molar refractivity (Wildman–Crippen MR) is 86.0 cm³/mol. The van der Waals surface area contributed by atoms with E-state index >= 15 is 0 Å². The summed E-state index contributed by atoms with van der Waals surface area (Å²) in [4.78, 5) is 6.55. The Bertz CT molecular complexity index is 687. The molecule has 2 heterocycles. The summed E-state index contributed by atoms with van der Waals surface area (Å²) in [5.74, 6) is 0.781. The van der Waals surface area contributed by atoms with E-state index in [2.05, 4.69) is 51.4 Å². The van der Waals surface area contributed by atoms with Crippen molar-refractivity contribution in [2.45, 2.75) is 13.5 Å². The van der Waals surface area contributed by atoms with Crippen LogP contribution in [0.1, 0.15) is 9.75 Å². The molecule has 20 heavy (non-hydrogen) atoms. The molecule has 0 saturated carbocycles. The molecule has 3 aromatic rings. The number of halogens is 1. The second-order valence-electron chi connectivity index (χ2n) is 4.42. The van der Waals surface area contributed by atoms with Crippen molar-refractivity contribution in [1.29, 1.82) is 0 Å². The molecule has 0 saturated heterocycles.